The number of hydrogen-bond acceptors (Lipinski definition) is 8. The van der Waals surface area contributed by atoms with Crippen LogP contribution in [0.4, 0.5) is 0 Å². The van der Waals surface area contributed by atoms with Gasteiger partial charge in [-0.1, -0.05) is 269 Å². The molecule has 1 aliphatic heterocycles. The third kappa shape index (κ3) is 38.1. The SMILES string of the molecule is CCCCCCCCCCCCCCCCCCCCC/C=C/CC/C=C/C(O)C(COC1OC(CO)C(O)C(O)C1O)NC(=O)CCCCCCCCCCCCCCCCCCCCC. The number of allylic oxidation sites excluding steroid dienone is 3. The van der Waals surface area contributed by atoms with E-state index in [0.717, 1.165) is 38.5 Å². The fraction of sp³-hybridized carbons (Fsp3) is 0.914. The van der Waals surface area contributed by atoms with Crippen LogP contribution >= 0.6 is 0 Å². The summed E-state index contributed by atoms with van der Waals surface area (Å²) in [7, 11) is 0. The van der Waals surface area contributed by atoms with Crippen molar-refractivity contribution in [3.05, 3.63) is 24.3 Å². The predicted octanol–water partition coefficient (Wildman–Crippen LogP) is 14.2. The summed E-state index contributed by atoms with van der Waals surface area (Å²) in [6.07, 6.45) is 53.9. The first kappa shape index (κ1) is 63.7. The van der Waals surface area contributed by atoms with Gasteiger partial charge in [-0.25, -0.2) is 0 Å². The van der Waals surface area contributed by atoms with Gasteiger partial charge in [-0.15, -0.1) is 0 Å². The zero-order valence-electron chi connectivity index (χ0n) is 43.9. The summed E-state index contributed by atoms with van der Waals surface area (Å²) in [6.45, 7) is 3.80. The van der Waals surface area contributed by atoms with E-state index in [9.17, 15) is 30.3 Å². The van der Waals surface area contributed by atoms with Crippen LogP contribution in [-0.2, 0) is 14.3 Å². The Balaban J connectivity index is 2.24. The lowest BCUT2D eigenvalue weighted by Gasteiger charge is -2.40. The van der Waals surface area contributed by atoms with Gasteiger partial charge in [-0.3, -0.25) is 4.79 Å². The van der Waals surface area contributed by atoms with Gasteiger partial charge in [-0.05, 0) is 32.1 Å². The highest BCUT2D eigenvalue weighted by Crippen LogP contribution is 2.23. The Bertz CT molecular complexity index is 1100. The molecular weight excluding hydrogens is 839 g/mol. The van der Waals surface area contributed by atoms with E-state index < -0.39 is 49.5 Å². The molecule has 0 bridgehead atoms. The van der Waals surface area contributed by atoms with E-state index in [4.69, 9.17) is 9.47 Å². The van der Waals surface area contributed by atoms with Gasteiger partial charge in [0.05, 0.1) is 25.4 Å². The number of rotatable bonds is 50. The van der Waals surface area contributed by atoms with Crippen LogP contribution in [0.5, 0.6) is 0 Å². The molecule has 1 fully saturated rings. The molecule has 7 atom stereocenters. The molecule has 9 heteroatoms. The van der Waals surface area contributed by atoms with Gasteiger partial charge in [0, 0.05) is 6.42 Å². The molecule has 1 rings (SSSR count). The number of unbranched alkanes of at least 4 members (excludes halogenated alkanes) is 38. The maximum Gasteiger partial charge on any atom is 0.220 e. The van der Waals surface area contributed by atoms with E-state index in [0.29, 0.717) is 6.42 Å². The van der Waals surface area contributed by atoms with Crippen molar-refractivity contribution in [3.8, 4) is 0 Å². The Labute approximate surface area is 413 Å². The van der Waals surface area contributed by atoms with Crippen molar-refractivity contribution < 1.29 is 39.8 Å². The number of amides is 1. The average Bonchev–Trinajstić information content (AvgIpc) is 3.33. The Morgan fingerprint density at radius 1 is 0.493 bits per heavy atom. The molecule has 1 saturated heterocycles. The van der Waals surface area contributed by atoms with Crippen molar-refractivity contribution in [1.82, 2.24) is 5.32 Å². The van der Waals surface area contributed by atoms with Crippen LogP contribution < -0.4 is 5.32 Å². The smallest absolute Gasteiger partial charge is 0.220 e. The van der Waals surface area contributed by atoms with E-state index in [-0.39, 0.29) is 12.5 Å². The predicted molar refractivity (Wildman–Crippen MR) is 281 cm³/mol. The van der Waals surface area contributed by atoms with Crippen molar-refractivity contribution in [2.45, 2.75) is 326 Å². The van der Waals surface area contributed by atoms with Crippen molar-refractivity contribution in [3.63, 3.8) is 0 Å². The minimum absolute atomic E-state index is 0.181. The summed E-state index contributed by atoms with van der Waals surface area (Å²) < 4.78 is 11.3. The Hall–Kier alpha value is -1.33. The molecule has 0 spiro atoms. The number of aliphatic hydroxyl groups excluding tert-OH is 5. The molecule has 7 unspecified atom stereocenters. The lowest BCUT2D eigenvalue weighted by Crippen LogP contribution is -2.60. The minimum atomic E-state index is -1.57. The minimum Gasteiger partial charge on any atom is -0.394 e. The van der Waals surface area contributed by atoms with Gasteiger partial charge in [0.2, 0.25) is 5.91 Å². The van der Waals surface area contributed by atoms with Crippen LogP contribution in [-0.4, -0.2) is 87.5 Å². The van der Waals surface area contributed by atoms with Crippen molar-refractivity contribution in [2.24, 2.45) is 0 Å². The number of ether oxygens (including phenoxy) is 2. The molecule has 0 aromatic heterocycles. The Morgan fingerprint density at radius 3 is 1.25 bits per heavy atom. The largest absolute Gasteiger partial charge is 0.394 e. The van der Waals surface area contributed by atoms with Gasteiger partial charge >= 0.3 is 0 Å². The highest BCUT2D eigenvalue weighted by Gasteiger charge is 2.44. The van der Waals surface area contributed by atoms with E-state index in [1.54, 1.807) is 6.08 Å². The molecule has 0 aliphatic carbocycles. The molecule has 1 amide bonds. The maximum atomic E-state index is 13.0. The Morgan fingerprint density at radius 2 is 0.851 bits per heavy atom. The summed E-state index contributed by atoms with van der Waals surface area (Å²) in [5.41, 5.74) is 0. The first-order chi connectivity index (χ1) is 32.8. The Kier molecular flexibility index (Phi) is 45.9. The van der Waals surface area contributed by atoms with Gasteiger partial charge < -0.3 is 40.3 Å². The van der Waals surface area contributed by atoms with Crippen LogP contribution in [0.2, 0.25) is 0 Å². The second-order valence-corrected chi connectivity index (χ2v) is 20.4. The molecule has 9 nitrogen and oxygen atoms in total. The zero-order chi connectivity index (χ0) is 48.7. The first-order valence-corrected chi connectivity index (χ1v) is 29.1. The topological polar surface area (TPSA) is 149 Å². The van der Waals surface area contributed by atoms with Crippen molar-refractivity contribution in [1.29, 1.82) is 0 Å². The molecule has 1 heterocycles. The molecule has 1 aliphatic rings. The molecule has 0 saturated carbocycles. The average molecular weight is 951 g/mol. The lowest BCUT2D eigenvalue weighted by atomic mass is 9.99. The van der Waals surface area contributed by atoms with E-state index in [1.165, 1.54) is 225 Å². The normalized spacial score (nSPS) is 19.8. The number of nitrogens with one attached hydrogen (secondary N) is 1. The fourth-order valence-electron chi connectivity index (χ4n) is 9.41. The van der Waals surface area contributed by atoms with Crippen molar-refractivity contribution >= 4 is 5.91 Å². The number of carbonyl (C=O) groups excluding carboxylic acids is 1. The summed E-state index contributed by atoms with van der Waals surface area (Å²) in [4.78, 5) is 13.0. The molecule has 396 valence electrons. The van der Waals surface area contributed by atoms with Gasteiger partial charge in [0.25, 0.3) is 0 Å². The van der Waals surface area contributed by atoms with Crippen LogP contribution in [0.1, 0.15) is 284 Å². The molecule has 67 heavy (non-hydrogen) atoms. The summed E-state index contributed by atoms with van der Waals surface area (Å²) in [5.74, 6) is -0.181. The molecule has 0 aromatic carbocycles. The number of carbonyl (C=O) groups is 1. The number of hydrogen-bond donors (Lipinski definition) is 6. The first-order valence-electron chi connectivity index (χ1n) is 29.1. The molecular formula is C58H111NO8. The van der Waals surface area contributed by atoms with Gasteiger partial charge in [0.1, 0.15) is 24.4 Å². The lowest BCUT2D eigenvalue weighted by molar-refractivity contribution is -0.302. The molecule has 6 N–H and O–H groups in total. The van der Waals surface area contributed by atoms with E-state index >= 15 is 0 Å². The highest BCUT2D eigenvalue weighted by molar-refractivity contribution is 5.76. The monoisotopic (exact) mass is 950 g/mol. The van der Waals surface area contributed by atoms with Gasteiger partial charge in [-0.2, -0.15) is 0 Å². The quantitative estimate of drug-likeness (QED) is 0.0261. The van der Waals surface area contributed by atoms with Crippen molar-refractivity contribution in [2.75, 3.05) is 13.2 Å². The molecule has 0 aromatic rings. The van der Waals surface area contributed by atoms with Gasteiger partial charge in [0.15, 0.2) is 6.29 Å². The number of aliphatic hydroxyl groups is 5. The van der Waals surface area contributed by atoms with Crippen LogP contribution in [0.25, 0.3) is 0 Å². The molecule has 0 radical (unpaired) electrons. The van der Waals surface area contributed by atoms with E-state index in [1.807, 2.05) is 6.08 Å². The fourth-order valence-corrected chi connectivity index (χ4v) is 9.41. The van der Waals surface area contributed by atoms with Crippen LogP contribution in [0.3, 0.4) is 0 Å². The van der Waals surface area contributed by atoms with E-state index in [2.05, 4.69) is 31.3 Å². The second kappa shape index (κ2) is 48.3. The van der Waals surface area contributed by atoms with Crippen LogP contribution in [0.15, 0.2) is 24.3 Å². The zero-order valence-corrected chi connectivity index (χ0v) is 43.9. The summed E-state index contributed by atoms with van der Waals surface area (Å²) in [6, 6.07) is -0.818. The summed E-state index contributed by atoms with van der Waals surface area (Å²) >= 11 is 0. The van der Waals surface area contributed by atoms with Crippen LogP contribution in [0, 0.1) is 0 Å². The highest BCUT2D eigenvalue weighted by atomic mass is 16.7. The third-order valence-corrected chi connectivity index (χ3v) is 14.0. The second-order valence-electron chi connectivity index (χ2n) is 20.4. The summed E-state index contributed by atoms with van der Waals surface area (Å²) in [5, 5.41) is 54.5. The third-order valence-electron chi connectivity index (χ3n) is 14.0. The maximum absolute atomic E-state index is 13.0. The standard InChI is InChI=1S/C58H111NO8/c1-3-5-7-9-11-13-15-17-19-21-23-24-25-26-27-28-30-31-33-35-37-39-41-43-45-47-52(61)51(50-66-58-57(65)56(64)55(63)53(49-60)67-58)59-54(62)48-46-44-42-40-38-36-34-32-29-22-20-18-16-14-12-10-8-6-4-2/h37,39,45,47,51-53,55-58,60-61,63-65H,3-36,38,40-44,46,48-50H2,1-2H3,(H,59,62)/b39-37+,47-45+.